The van der Waals surface area contributed by atoms with Crippen molar-refractivity contribution in [2.24, 2.45) is 5.10 Å². The molecule has 0 amide bonds. The zero-order valence-electron chi connectivity index (χ0n) is 18.1. The first-order chi connectivity index (χ1) is 15.7. The highest BCUT2D eigenvalue weighted by atomic mass is 79.9. The highest BCUT2D eigenvalue weighted by Gasteiger charge is 2.16. The van der Waals surface area contributed by atoms with E-state index in [1.54, 1.807) is 13.3 Å². The third-order valence-corrected chi connectivity index (χ3v) is 5.50. The maximum Gasteiger partial charge on any atom is 0.250 e. The van der Waals surface area contributed by atoms with E-state index in [1.165, 1.54) is 0 Å². The summed E-state index contributed by atoms with van der Waals surface area (Å²) in [5.41, 5.74) is 4.92. The van der Waals surface area contributed by atoms with E-state index in [4.69, 9.17) is 9.47 Å². The summed E-state index contributed by atoms with van der Waals surface area (Å²) in [6.45, 7) is 3.34. The highest BCUT2D eigenvalue weighted by Crippen LogP contribution is 2.21. The van der Waals surface area contributed by atoms with Crippen LogP contribution in [0.3, 0.4) is 0 Å². The molecule has 0 spiro atoms. The minimum Gasteiger partial charge on any atom is -0.497 e. The van der Waals surface area contributed by atoms with Crippen LogP contribution in [0, 0.1) is 0 Å². The summed E-state index contributed by atoms with van der Waals surface area (Å²) in [5.74, 6) is 2.16. The van der Waals surface area contributed by atoms with Crippen LogP contribution in [0.1, 0.15) is 11.1 Å². The van der Waals surface area contributed by atoms with Gasteiger partial charge in [-0.15, -0.1) is 12.4 Å². The Bertz CT molecular complexity index is 1070. The van der Waals surface area contributed by atoms with Gasteiger partial charge in [-0.25, -0.2) is 5.43 Å². The van der Waals surface area contributed by atoms with Crippen molar-refractivity contribution < 1.29 is 9.47 Å². The topological polar surface area (TPSA) is 96.8 Å². The molecule has 2 aromatic carbocycles. The SMILES string of the molecule is COc1ccc(Br)c(/C=N/Nc2nc(NCc3ccccc3)nc(N3CCOCC3)n2)c1.Cl. The number of halogens is 2. The number of hydrazone groups is 1. The Morgan fingerprint density at radius 2 is 1.85 bits per heavy atom. The zero-order chi connectivity index (χ0) is 22.2. The van der Waals surface area contributed by atoms with Gasteiger partial charge in [0.05, 0.1) is 26.5 Å². The molecule has 9 nitrogen and oxygen atoms in total. The zero-order valence-corrected chi connectivity index (χ0v) is 20.5. The molecular formula is C22H25BrClN7O2. The van der Waals surface area contributed by atoms with Crippen molar-refractivity contribution in [2.75, 3.05) is 49.1 Å². The molecule has 0 radical (unpaired) electrons. The molecule has 0 atom stereocenters. The fourth-order valence-electron chi connectivity index (χ4n) is 3.08. The molecule has 2 N–H and O–H groups in total. The van der Waals surface area contributed by atoms with E-state index in [2.05, 4.69) is 51.6 Å². The molecule has 174 valence electrons. The third-order valence-electron chi connectivity index (χ3n) is 4.78. The molecule has 2 heterocycles. The lowest BCUT2D eigenvalue weighted by molar-refractivity contribution is 0.122. The van der Waals surface area contributed by atoms with Crippen molar-refractivity contribution >= 4 is 52.4 Å². The molecular weight excluding hydrogens is 510 g/mol. The van der Waals surface area contributed by atoms with Gasteiger partial charge in [0.25, 0.3) is 0 Å². The Morgan fingerprint density at radius 3 is 2.61 bits per heavy atom. The molecule has 3 aromatic rings. The number of hydrogen-bond acceptors (Lipinski definition) is 9. The van der Waals surface area contributed by atoms with Gasteiger partial charge in [0.1, 0.15) is 5.75 Å². The number of hydrogen-bond donors (Lipinski definition) is 2. The van der Waals surface area contributed by atoms with Crippen molar-refractivity contribution in [1.82, 2.24) is 15.0 Å². The van der Waals surface area contributed by atoms with E-state index >= 15 is 0 Å². The first-order valence-corrected chi connectivity index (χ1v) is 11.0. The van der Waals surface area contributed by atoms with Gasteiger partial charge < -0.3 is 19.7 Å². The van der Waals surface area contributed by atoms with Crippen LogP contribution in [0.25, 0.3) is 0 Å². The molecule has 0 bridgehead atoms. The predicted octanol–water partition coefficient (Wildman–Crippen LogP) is 3.96. The summed E-state index contributed by atoms with van der Waals surface area (Å²) in [6.07, 6.45) is 1.68. The molecule has 1 aromatic heterocycles. The monoisotopic (exact) mass is 533 g/mol. The van der Waals surface area contributed by atoms with Gasteiger partial charge in [0.15, 0.2) is 0 Å². The number of nitrogens with zero attached hydrogens (tertiary/aromatic N) is 5. The van der Waals surface area contributed by atoms with E-state index in [0.717, 1.165) is 34.4 Å². The highest BCUT2D eigenvalue weighted by molar-refractivity contribution is 9.10. The maximum atomic E-state index is 5.45. The van der Waals surface area contributed by atoms with Crippen molar-refractivity contribution in [3.8, 4) is 5.75 Å². The molecule has 4 rings (SSSR count). The number of nitrogens with one attached hydrogen (secondary N) is 2. The Balaban J connectivity index is 0.00000306. The summed E-state index contributed by atoms with van der Waals surface area (Å²) in [7, 11) is 1.63. The number of rotatable bonds is 8. The molecule has 0 saturated carbocycles. The van der Waals surface area contributed by atoms with Gasteiger partial charge in [0, 0.05) is 29.7 Å². The standard InChI is InChI=1S/C22H24BrN7O2.ClH/c1-31-18-7-8-19(23)17(13-18)15-25-29-21-26-20(24-14-16-5-3-2-4-6-16)27-22(28-21)30-9-11-32-12-10-30;/h2-8,13,15H,9-12,14H2,1H3,(H2,24,26,27,28,29);1H/b25-15+;. The van der Waals surface area contributed by atoms with Gasteiger partial charge in [-0.3, -0.25) is 0 Å². The summed E-state index contributed by atoms with van der Waals surface area (Å²) in [6, 6.07) is 15.8. The largest absolute Gasteiger partial charge is 0.497 e. The Hall–Kier alpha value is -2.95. The van der Waals surface area contributed by atoms with Gasteiger partial charge in [0.2, 0.25) is 17.8 Å². The van der Waals surface area contributed by atoms with E-state index < -0.39 is 0 Å². The van der Waals surface area contributed by atoms with Crippen LogP contribution in [-0.2, 0) is 11.3 Å². The van der Waals surface area contributed by atoms with Gasteiger partial charge in [-0.05, 0) is 23.8 Å². The minimum atomic E-state index is 0. The van der Waals surface area contributed by atoms with Crippen LogP contribution in [0.4, 0.5) is 17.8 Å². The minimum absolute atomic E-state index is 0. The summed E-state index contributed by atoms with van der Waals surface area (Å²) in [5, 5.41) is 7.59. The molecule has 1 aliphatic rings. The lowest BCUT2D eigenvalue weighted by atomic mass is 10.2. The average molecular weight is 535 g/mol. The van der Waals surface area contributed by atoms with Gasteiger partial charge in [-0.2, -0.15) is 20.1 Å². The molecule has 11 heteroatoms. The maximum absolute atomic E-state index is 5.45. The molecule has 1 fully saturated rings. The molecule has 1 saturated heterocycles. The molecule has 1 aliphatic heterocycles. The summed E-state index contributed by atoms with van der Waals surface area (Å²) < 4.78 is 11.6. The fraction of sp³-hybridized carbons (Fsp3) is 0.273. The summed E-state index contributed by atoms with van der Waals surface area (Å²) in [4.78, 5) is 15.7. The first-order valence-electron chi connectivity index (χ1n) is 10.2. The van der Waals surface area contributed by atoms with Crippen molar-refractivity contribution in [1.29, 1.82) is 0 Å². The van der Waals surface area contributed by atoms with Crippen LogP contribution in [0.15, 0.2) is 58.1 Å². The normalized spacial score (nSPS) is 13.5. The second-order valence-corrected chi connectivity index (χ2v) is 7.83. The lowest BCUT2D eigenvalue weighted by Gasteiger charge is -2.27. The number of anilines is 3. The second-order valence-electron chi connectivity index (χ2n) is 6.98. The van der Waals surface area contributed by atoms with Gasteiger partial charge in [-0.1, -0.05) is 46.3 Å². The Kier molecular flexibility index (Phi) is 9.23. The number of ether oxygens (including phenoxy) is 2. The molecule has 0 aliphatic carbocycles. The van der Waals surface area contributed by atoms with Crippen LogP contribution in [-0.4, -0.2) is 54.6 Å². The Labute approximate surface area is 207 Å². The van der Waals surface area contributed by atoms with E-state index in [0.29, 0.717) is 37.6 Å². The summed E-state index contributed by atoms with van der Waals surface area (Å²) >= 11 is 3.52. The number of benzene rings is 2. The third kappa shape index (κ3) is 7.01. The van der Waals surface area contributed by atoms with Crippen molar-refractivity contribution in [3.05, 3.63) is 64.1 Å². The Morgan fingerprint density at radius 1 is 1.09 bits per heavy atom. The fourth-order valence-corrected chi connectivity index (χ4v) is 3.43. The number of aromatic nitrogens is 3. The molecule has 0 unspecified atom stereocenters. The smallest absolute Gasteiger partial charge is 0.250 e. The van der Waals surface area contributed by atoms with Crippen LogP contribution >= 0.6 is 28.3 Å². The molecule has 33 heavy (non-hydrogen) atoms. The van der Waals surface area contributed by atoms with E-state index in [-0.39, 0.29) is 12.4 Å². The van der Waals surface area contributed by atoms with Crippen LogP contribution in [0.5, 0.6) is 5.75 Å². The number of methoxy groups -OCH3 is 1. The van der Waals surface area contributed by atoms with Crippen molar-refractivity contribution in [3.63, 3.8) is 0 Å². The first kappa shape index (κ1) is 24.7. The van der Waals surface area contributed by atoms with Crippen molar-refractivity contribution in [2.45, 2.75) is 6.54 Å². The number of morpholine rings is 1. The van der Waals surface area contributed by atoms with E-state index in [1.807, 2.05) is 48.5 Å². The van der Waals surface area contributed by atoms with E-state index in [9.17, 15) is 0 Å². The quantitative estimate of drug-likeness (QED) is 0.331. The second kappa shape index (κ2) is 12.3. The van der Waals surface area contributed by atoms with Crippen LogP contribution < -0.4 is 20.4 Å². The lowest BCUT2D eigenvalue weighted by Crippen LogP contribution is -2.37. The van der Waals surface area contributed by atoms with Crippen LogP contribution in [0.2, 0.25) is 0 Å². The van der Waals surface area contributed by atoms with Gasteiger partial charge >= 0.3 is 0 Å². The predicted molar refractivity (Wildman–Crippen MR) is 136 cm³/mol. The average Bonchev–Trinajstić information content (AvgIpc) is 2.85.